The van der Waals surface area contributed by atoms with Gasteiger partial charge in [-0.1, -0.05) is 0 Å². The number of imide groups is 1. The van der Waals surface area contributed by atoms with Gasteiger partial charge in [0.05, 0.1) is 13.7 Å². The van der Waals surface area contributed by atoms with Crippen LogP contribution in [0.1, 0.15) is 6.17 Å². The fourth-order valence-electron chi connectivity index (χ4n) is 3.56. The summed E-state index contributed by atoms with van der Waals surface area (Å²) in [5.74, 6) is 1.48. The highest BCUT2D eigenvalue weighted by Gasteiger charge is 2.52. The number of anilines is 1. The first kappa shape index (κ1) is 17.3. The van der Waals surface area contributed by atoms with Crippen molar-refractivity contribution in [2.45, 2.75) is 12.2 Å². The number of nitrogens with zero attached hydrogens (tertiary/aromatic N) is 5. The number of fused-ring (bicyclic) bond motifs is 3. The molecule has 2 aromatic rings. The van der Waals surface area contributed by atoms with Gasteiger partial charge in [-0.2, -0.15) is 0 Å². The van der Waals surface area contributed by atoms with Crippen LogP contribution in [0.5, 0.6) is 5.75 Å². The first-order chi connectivity index (χ1) is 13.1. The molecule has 0 saturated carbocycles. The highest BCUT2D eigenvalue weighted by atomic mass is 16.5. The topological polar surface area (TPSA) is 102 Å². The second-order valence-electron chi connectivity index (χ2n) is 6.37. The van der Waals surface area contributed by atoms with E-state index in [9.17, 15) is 9.59 Å². The first-order valence-electron chi connectivity index (χ1n) is 8.49. The Kier molecular flexibility index (Phi) is 4.19. The van der Waals surface area contributed by atoms with Crippen LogP contribution in [0, 0.1) is 0 Å². The number of carbonyl (C=O) groups excluding carboxylic acids is 2. The van der Waals surface area contributed by atoms with E-state index >= 15 is 0 Å². The van der Waals surface area contributed by atoms with E-state index in [0.29, 0.717) is 24.9 Å². The molecule has 0 bridgehead atoms. The van der Waals surface area contributed by atoms with Gasteiger partial charge in [-0.3, -0.25) is 14.7 Å². The van der Waals surface area contributed by atoms with Gasteiger partial charge in [-0.05, 0) is 24.3 Å². The molecule has 2 aliphatic rings. The fraction of sp³-hybridized carbons (Fsp3) is 0.412. The molecular formula is C17H20N6O4. The predicted octanol–water partition coefficient (Wildman–Crippen LogP) is 0.469. The van der Waals surface area contributed by atoms with E-state index in [1.54, 1.807) is 21.3 Å². The van der Waals surface area contributed by atoms with E-state index in [0.717, 1.165) is 11.3 Å². The molecule has 27 heavy (non-hydrogen) atoms. The third-order valence-electron chi connectivity index (χ3n) is 4.92. The van der Waals surface area contributed by atoms with Crippen molar-refractivity contribution in [3.63, 3.8) is 0 Å². The Hall–Kier alpha value is -3.14. The molecule has 3 amide bonds. The number of hydrogen-bond acceptors (Lipinski definition) is 7. The van der Waals surface area contributed by atoms with Gasteiger partial charge < -0.3 is 19.3 Å². The molecule has 3 heterocycles. The van der Waals surface area contributed by atoms with Gasteiger partial charge in [-0.15, -0.1) is 10.2 Å². The summed E-state index contributed by atoms with van der Waals surface area (Å²) < 4.78 is 12.2. The summed E-state index contributed by atoms with van der Waals surface area (Å²) in [6, 6.07) is 6.35. The minimum Gasteiger partial charge on any atom is -0.497 e. The number of hydrogen-bond donors (Lipinski definition) is 1. The Morgan fingerprint density at radius 1 is 1.15 bits per heavy atom. The second-order valence-corrected chi connectivity index (χ2v) is 6.37. The molecule has 0 spiro atoms. The SMILES string of the molecule is COCCN1c2nnc(-c3ccc(OC)cc3)n2C2C1C(=O)NC(=O)N2C. The summed E-state index contributed by atoms with van der Waals surface area (Å²) in [6.07, 6.45) is -0.537. The fourth-order valence-corrected chi connectivity index (χ4v) is 3.56. The molecule has 142 valence electrons. The van der Waals surface area contributed by atoms with Gasteiger partial charge >= 0.3 is 6.03 Å². The largest absolute Gasteiger partial charge is 0.497 e. The normalized spacial score (nSPS) is 21.1. The van der Waals surface area contributed by atoms with Crippen LogP contribution in [0.25, 0.3) is 11.4 Å². The average molecular weight is 372 g/mol. The summed E-state index contributed by atoms with van der Waals surface area (Å²) in [4.78, 5) is 28.1. The highest BCUT2D eigenvalue weighted by molar-refractivity contribution is 6.02. The van der Waals surface area contributed by atoms with Crippen molar-refractivity contribution >= 4 is 17.9 Å². The number of amides is 3. The monoisotopic (exact) mass is 372 g/mol. The van der Waals surface area contributed by atoms with Crippen LogP contribution < -0.4 is 15.0 Å². The quantitative estimate of drug-likeness (QED) is 0.814. The maximum absolute atomic E-state index is 12.6. The zero-order valence-corrected chi connectivity index (χ0v) is 15.2. The molecule has 10 heteroatoms. The lowest BCUT2D eigenvalue weighted by atomic mass is 10.1. The van der Waals surface area contributed by atoms with Crippen molar-refractivity contribution in [1.29, 1.82) is 0 Å². The number of urea groups is 1. The molecule has 1 N–H and O–H groups in total. The molecule has 1 aromatic heterocycles. The summed E-state index contributed by atoms with van der Waals surface area (Å²) in [5, 5.41) is 11.0. The molecule has 2 aliphatic heterocycles. The third-order valence-corrected chi connectivity index (χ3v) is 4.92. The lowest BCUT2D eigenvalue weighted by Crippen LogP contribution is -2.61. The van der Waals surface area contributed by atoms with Crippen molar-refractivity contribution in [1.82, 2.24) is 25.0 Å². The van der Waals surface area contributed by atoms with Crippen molar-refractivity contribution in [2.24, 2.45) is 0 Å². The molecule has 10 nitrogen and oxygen atoms in total. The minimum atomic E-state index is -0.592. The lowest BCUT2D eigenvalue weighted by molar-refractivity contribution is -0.124. The van der Waals surface area contributed by atoms with Gasteiger partial charge in [0.2, 0.25) is 5.95 Å². The molecule has 1 fully saturated rings. The molecule has 1 saturated heterocycles. The van der Waals surface area contributed by atoms with Gasteiger partial charge in [-0.25, -0.2) is 4.79 Å². The molecule has 0 aliphatic carbocycles. The Labute approximate surface area is 155 Å². The van der Waals surface area contributed by atoms with Crippen LogP contribution >= 0.6 is 0 Å². The highest BCUT2D eigenvalue weighted by Crippen LogP contribution is 2.40. The number of methoxy groups -OCH3 is 2. The minimum absolute atomic E-state index is 0.356. The summed E-state index contributed by atoms with van der Waals surface area (Å²) >= 11 is 0. The van der Waals surface area contributed by atoms with Crippen LogP contribution in [-0.2, 0) is 9.53 Å². The van der Waals surface area contributed by atoms with E-state index < -0.39 is 18.2 Å². The Morgan fingerprint density at radius 2 is 1.89 bits per heavy atom. The van der Waals surface area contributed by atoms with Gasteiger partial charge in [0, 0.05) is 26.3 Å². The van der Waals surface area contributed by atoms with Crippen LogP contribution in [-0.4, -0.2) is 72.1 Å². The zero-order chi connectivity index (χ0) is 19.1. The average Bonchev–Trinajstić information content (AvgIpc) is 3.23. The van der Waals surface area contributed by atoms with Gasteiger partial charge in [0.25, 0.3) is 5.91 Å². The number of aromatic nitrogens is 3. The molecular weight excluding hydrogens is 352 g/mol. The van der Waals surface area contributed by atoms with Crippen molar-refractivity contribution in [3.8, 4) is 17.1 Å². The van der Waals surface area contributed by atoms with Crippen LogP contribution in [0.2, 0.25) is 0 Å². The number of likely N-dealkylation sites (N-methyl/N-ethyl adjacent to an activating group) is 1. The van der Waals surface area contributed by atoms with E-state index in [4.69, 9.17) is 9.47 Å². The van der Waals surface area contributed by atoms with Crippen LogP contribution in [0.4, 0.5) is 10.7 Å². The molecule has 0 radical (unpaired) electrons. The zero-order valence-electron chi connectivity index (χ0n) is 15.2. The lowest BCUT2D eigenvalue weighted by Gasteiger charge is -2.36. The molecule has 4 rings (SSSR count). The second kappa shape index (κ2) is 6.54. The Bertz CT molecular complexity index is 880. The van der Waals surface area contributed by atoms with Gasteiger partial charge in [0.1, 0.15) is 11.9 Å². The Balaban J connectivity index is 1.82. The van der Waals surface area contributed by atoms with Gasteiger partial charge in [0.15, 0.2) is 11.9 Å². The smallest absolute Gasteiger partial charge is 0.325 e. The number of nitrogens with one attached hydrogen (secondary N) is 1. The molecule has 2 unspecified atom stereocenters. The Morgan fingerprint density at radius 3 is 2.56 bits per heavy atom. The maximum atomic E-state index is 12.6. The van der Waals surface area contributed by atoms with E-state index in [1.165, 1.54) is 4.90 Å². The maximum Gasteiger partial charge on any atom is 0.325 e. The summed E-state index contributed by atoms with van der Waals surface area (Å²) in [5.41, 5.74) is 0.814. The number of ether oxygens (including phenoxy) is 2. The molecule has 2 atom stereocenters. The van der Waals surface area contributed by atoms with Crippen LogP contribution in [0.3, 0.4) is 0 Å². The summed E-state index contributed by atoms with van der Waals surface area (Å²) in [6.45, 7) is 0.868. The van der Waals surface area contributed by atoms with E-state index in [2.05, 4.69) is 15.5 Å². The number of rotatable bonds is 5. The summed E-state index contributed by atoms with van der Waals surface area (Å²) in [7, 11) is 4.85. The van der Waals surface area contributed by atoms with Crippen molar-refractivity contribution in [3.05, 3.63) is 24.3 Å². The van der Waals surface area contributed by atoms with Crippen LogP contribution in [0.15, 0.2) is 24.3 Å². The standard InChI is InChI=1S/C17H20N6O4/c1-21-15-12(14(24)18-17(21)25)22(8-9-26-2)16-20-19-13(23(15)16)10-4-6-11(27-3)7-5-10/h4-7,12,15H,8-9H2,1-3H3,(H,18,24,25). The first-order valence-corrected chi connectivity index (χ1v) is 8.49. The molecule has 1 aromatic carbocycles. The third kappa shape index (κ3) is 2.60. The van der Waals surface area contributed by atoms with Crippen molar-refractivity contribution in [2.75, 3.05) is 39.3 Å². The van der Waals surface area contributed by atoms with Crippen molar-refractivity contribution < 1.29 is 19.1 Å². The van der Waals surface area contributed by atoms with E-state index in [1.807, 2.05) is 33.7 Å². The predicted molar refractivity (Wildman–Crippen MR) is 95.4 cm³/mol. The van der Waals surface area contributed by atoms with E-state index in [-0.39, 0.29) is 5.91 Å². The number of benzene rings is 1. The number of carbonyl (C=O) groups is 2.